The minimum absolute atomic E-state index is 0.297. The van der Waals surface area contributed by atoms with E-state index in [2.05, 4.69) is 41.5 Å². The van der Waals surface area contributed by atoms with Crippen LogP contribution in [0, 0.1) is 0 Å². The molecule has 1 N–H and O–H groups in total. The summed E-state index contributed by atoms with van der Waals surface area (Å²) in [6.07, 6.45) is 1.79. The Kier molecular flexibility index (Phi) is 1.82. The average molecular weight is 160 g/mol. The summed E-state index contributed by atoms with van der Waals surface area (Å²) in [5.74, 6) is 0. The molecule has 0 fully saturated rings. The first-order chi connectivity index (χ1) is 5.88. The van der Waals surface area contributed by atoms with Gasteiger partial charge in [0.25, 0.3) is 0 Å². The zero-order valence-electron chi connectivity index (χ0n) is 7.07. The lowest BCUT2D eigenvalue weighted by Crippen LogP contribution is -2.22. The van der Waals surface area contributed by atoms with Gasteiger partial charge in [0.2, 0.25) is 0 Å². The van der Waals surface area contributed by atoms with Gasteiger partial charge < -0.3 is 5.32 Å². The zero-order chi connectivity index (χ0) is 8.39. The predicted octanol–water partition coefficient (Wildman–Crippen LogP) is 1.75. The maximum atomic E-state index is 4.35. The Labute approximate surface area is 72.3 Å². The van der Waals surface area contributed by atoms with Gasteiger partial charge in [-0.05, 0) is 12.5 Å². The Bertz CT molecular complexity index is 279. The SMILES string of the molecule is CC1NC=NC1c1ccccc1. The minimum atomic E-state index is 0.297. The second kappa shape index (κ2) is 2.97. The van der Waals surface area contributed by atoms with Crippen LogP contribution in [0.4, 0.5) is 0 Å². The van der Waals surface area contributed by atoms with Crippen molar-refractivity contribution in [2.24, 2.45) is 4.99 Å². The molecule has 2 heteroatoms. The van der Waals surface area contributed by atoms with Crippen LogP contribution in [0.25, 0.3) is 0 Å². The van der Waals surface area contributed by atoms with Gasteiger partial charge in [-0.2, -0.15) is 0 Å². The normalized spacial score (nSPS) is 27.1. The van der Waals surface area contributed by atoms with E-state index in [1.165, 1.54) is 5.56 Å². The van der Waals surface area contributed by atoms with Crippen molar-refractivity contribution in [2.75, 3.05) is 0 Å². The summed E-state index contributed by atoms with van der Waals surface area (Å²) in [5, 5.41) is 3.18. The van der Waals surface area contributed by atoms with Gasteiger partial charge in [-0.25, -0.2) is 0 Å². The van der Waals surface area contributed by atoms with E-state index in [0.717, 1.165) is 0 Å². The number of rotatable bonds is 1. The smallest absolute Gasteiger partial charge is 0.0964 e. The zero-order valence-corrected chi connectivity index (χ0v) is 7.07. The van der Waals surface area contributed by atoms with E-state index in [9.17, 15) is 0 Å². The second-order valence-electron chi connectivity index (χ2n) is 3.09. The van der Waals surface area contributed by atoms with Gasteiger partial charge in [-0.15, -0.1) is 0 Å². The molecule has 12 heavy (non-hydrogen) atoms. The molecule has 1 aromatic carbocycles. The molecule has 1 aliphatic heterocycles. The summed E-state index contributed by atoms with van der Waals surface area (Å²) in [6, 6.07) is 11.1. The maximum absolute atomic E-state index is 4.35. The third-order valence-electron chi connectivity index (χ3n) is 2.19. The number of aliphatic imine (C=N–C) groups is 1. The Balaban J connectivity index is 2.25. The fourth-order valence-electron chi connectivity index (χ4n) is 1.49. The van der Waals surface area contributed by atoms with Crippen molar-refractivity contribution in [1.29, 1.82) is 0 Å². The van der Waals surface area contributed by atoms with Gasteiger partial charge in [-0.1, -0.05) is 30.3 Å². The Morgan fingerprint density at radius 2 is 2.00 bits per heavy atom. The van der Waals surface area contributed by atoms with E-state index in [-0.39, 0.29) is 0 Å². The van der Waals surface area contributed by atoms with Crippen LogP contribution < -0.4 is 5.32 Å². The van der Waals surface area contributed by atoms with Crippen molar-refractivity contribution in [3.63, 3.8) is 0 Å². The second-order valence-corrected chi connectivity index (χ2v) is 3.09. The quantitative estimate of drug-likeness (QED) is 0.665. The van der Waals surface area contributed by atoms with E-state index in [1.807, 2.05) is 6.07 Å². The largest absolute Gasteiger partial charge is 0.371 e. The molecule has 1 heterocycles. The summed E-state index contributed by atoms with van der Waals surface area (Å²) < 4.78 is 0. The van der Waals surface area contributed by atoms with Crippen molar-refractivity contribution in [3.8, 4) is 0 Å². The van der Waals surface area contributed by atoms with Crippen LogP contribution in [-0.4, -0.2) is 12.4 Å². The van der Waals surface area contributed by atoms with Crippen molar-refractivity contribution in [3.05, 3.63) is 35.9 Å². The average Bonchev–Trinajstić information content (AvgIpc) is 2.53. The number of benzene rings is 1. The molecule has 2 atom stereocenters. The molecule has 0 saturated carbocycles. The number of nitrogens with zero attached hydrogens (tertiary/aromatic N) is 1. The molecule has 1 aromatic rings. The van der Waals surface area contributed by atoms with Crippen LogP contribution >= 0.6 is 0 Å². The summed E-state index contributed by atoms with van der Waals surface area (Å²) >= 11 is 0. The molecule has 0 amide bonds. The minimum Gasteiger partial charge on any atom is -0.371 e. The monoisotopic (exact) mass is 160 g/mol. The van der Waals surface area contributed by atoms with Crippen molar-refractivity contribution >= 4 is 6.34 Å². The van der Waals surface area contributed by atoms with Crippen molar-refractivity contribution < 1.29 is 0 Å². The van der Waals surface area contributed by atoms with Crippen LogP contribution in [0.5, 0.6) is 0 Å². The molecule has 0 bridgehead atoms. The topological polar surface area (TPSA) is 24.4 Å². The van der Waals surface area contributed by atoms with E-state index < -0.39 is 0 Å². The molecule has 0 aliphatic carbocycles. The van der Waals surface area contributed by atoms with Crippen LogP contribution in [-0.2, 0) is 0 Å². The summed E-state index contributed by atoms with van der Waals surface area (Å²) in [6.45, 7) is 2.14. The lowest BCUT2D eigenvalue weighted by Gasteiger charge is -2.13. The lowest BCUT2D eigenvalue weighted by atomic mass is 10.0. The molecule has 62 valence electrons. The van der Waals surface area contributed by atoms with Crippen LogP contribution in [0.3, 0.4) is 0 Å². The highest BCUT2D eigenvalue weighted by atomic mass is 15.1. The van der Waals surface area contributed by atoms with Gasteiger partial charge in [0.05, 0.1) is 18.4 Å². The molecule has 0 spiro atoms. The molecule has 0 aromatic heterocycles. The molecule has 0 radical (unpaired) electrons. The molecule has 2 nitrogen and oxygen atoms in total. The molecular formula is C10H12N2. The first-order valence-corrected chi connectivity index (χ1v) is 4.20. The Hall–Kier alpha value is -1.31. The lowest BCUT2D eigenvalue weighted by molar-refractivity contribution is 0.589. The summed E-state index contributed by atoms with van der Waals surface area (Å²) in [5.41, 5.74) is 1.28. The number of nitrogens with one attached hydrogen (secondary N) is 1. The Morgan fingerprint density at radius 1 is 1.25 bits per heavy atom. The summed E-state index contributed by atoms with van der Waals surface area (Å²) in [7, 11) is 0. The van der Waals surface area contributed by atoms with E-state index in [0.29, 0.717) is 12.1 Å². The van der Waals surface area contributed by atoms with Crippen LogP contribution in [0.2, 0.25) is 0 Å². The maximum Gasteiger partial charge on any atom is 0.0964 e. The van der Waals surface area contributed by atoms with Crippen LogP contribution in [0.15, 0.2) is 35.3 Å². The molecule has 2 rings (SSSR count). The highest BCUT2D eigenvalue weighted by Gasteiger charge is 2.20. The van der Waals surface area contributed by atoms with Crippen molar-refractivity contribution in [1.82, 2.24) is 5.32 Å². The van der Waals surface area contributed by atoms with Gasteiger partial charge in [0.1, 0.15) is 0 Å². The van der Waals surface area contributed by atoms with Gasteiger partial charge in [0, 0.05) is 0 Å². The van der Waals surface area contributed by atoms with Gasteiger partial charge in [-0.3, -0.25) is 4.99 Å². The first kappa shape index (κ1) is 7.35. The van der Waals surface area contributed by atoms with E-state index >= 15 is 0 Å². The molecule has 2 unspecified atom stereocenters. The van der Waals surface area contributed by atoms with Gasteiger partial charge in [0.15, 0.2) is 0 Å². The first-order valence-electron chi connectivity index (χ1n) is 4.20. The van der Waals surface area contributed by atoms with Gasteiger partial charge >= 0.3 is 0 Å². The van der Waals surface area contributed by atoms with E-state index in [4.69, 9.17) is 0 Å². The summed E-state index contributed by atoms with van der Waals surface area (Å²) in [4.78, 5) is 4.35. The van der Waals surface area contributed by atoms with Crippen molar-refractivity contribution in [2.45, 2.75) is 19.0 Å². The fourth-order valence-corrected chi connectivity index (χ4v) is 1.49. The number of hydrogen-bond donors (Lipinski definition) is 1. The predicted molar refractivity (Wildman–Crippen MR) is 50.3 cm³/mol. The third kappa shape index (κ3) is 1.20. The molecule has 0 saturated heterocycles. The highest BCUT2D eigenvalue weighted by Crippen LogP contribution is 2.22. The molecule has 1 aliphatic rings. The standard InChI is InChI=1S/C10H12N2/c1-8-10(12-7-11-8)9-5-3-2-4-6-9/h2-8,10H,1H3,(H,11,12). The number of hydrogen-bond acceptors (Lipinski definition) is 2. The van der Waals surface area contributed by atoms with E-state index in [1.54, 1.807) is 6.34 Å². The molecular weight excluding hydrogens is 148 g/mol. The van der Waals surface area contributed by atoms with Crippen LogP contribution in [0.1, 0.15) is 18.5 Å². The fraction of sp³-hybridized carbons (Fsp3) is 0.300. The Morgan fingerprint density at radius 3 is 2.58 bits per heavy atom. The third-order valence-corrected chi connectivity index (χ3v) is 2.19. The highest BCUT2D eigenvalue weighted by molar-refractivity contribution is 5.58.